The number of carbonyl (C=O) groups is 1. The molecule has 0 aliphatic carbocycles. The van der Waals surface area contributed by atoms with Crippen LogP contribution in [-0.4, -0.2) is 68.4 Å². The maximum atomic E-state index is 12.0. The molecule has 1 unspecified atom stereocenters. The van der Waals surface area contributed by atoms with Crippen molar-refractivity contribution >= 4 is 16.1 Å². The third kappa shape index (κ3) is 5.93. The Morgan fingerprint density at radius 1 is 1.22 bits per heavy atom. The second-order valence-electron chi connectivity index (χ2n) is 7.72. The highest BCUT2D eigenvalue weighted by Gasteiger charge is 2.39. The first-order valence-electron chi connectivity index (χ1n) is 8.24. The molecule has 0 radical (unpaired) electrons. The topological polar surface area (TPSA) is 92.9 Å². The summed E-state index contributed by atoms with van der Waals surface area (Å²) in [5, 5.41) is 5.07. The average Bonchev–Trinajstić information content (AvgIpc) is 2.32. The lowest BCUT2D eigenvalue weighted by atomic mass is 9.81. The van der Waals surface area contributed by atoms with E-state index in [2.05, 4.69) is 4.90 Å². The van der Waals surface area contributed by atoms with Crippen LogP contribution in [0.3, 0.4) is 0 Å². The van der Waals surface area contributed by atoms with Gasteiger partial charge in [0.15, 0.2) is 0 Å². The molecule has 2 aliphatic heterocycles. The second-order valence-corrected chi connectivity index (χ2v) is 9.45. The van der Waals surface area contributed by atoms with E-state index in [1.807, 2.05) is 20.8 Å². The first-order chi connectivity index (χ1) is 10.5. The number of hydrogen-bond acceptors (Lipinski definition) is 5. The van der Waals surface area contributed by atoms with E-state index in [0.717, 1.165) is 39.0 Å². The molecule has 7 nitrogen and oxygen atoms in total. The fraction of sp³-hybridized carbons (Fsp3) is 0.933. The Kier molecular flexibility index (Phi) is 5.58. The smallest absolute Gasteiger partial charge is 0.410 e. The molecule has 0 saturated carbocycles. The highest BCUT2D eigenvalue weighted by atomic mass is 32.2. The molecule has 2 N–H and O–H groups in total. The Balaban J connectivity index is 1.75. The van der Waals surface area contributed by atoms with Crippen LogP contribution < -0.4 is 5.14 Å². The Morgan fingerprint density at radius 2 is 1.87 bits per heavy atom. The molecule has 134 valence electrons. The van der Waals surface area contributed by atoms with E-state index in [0.29, 0.717) is 18.4 Å². The highest BCUT2D eigenvalue weighted by Crippen LogP contribution is 2.31. The van der Waals surface area contributed by atoms with E-state index in [-0.39, 0.29) is 11.8 Å². The van der Waals surface area contributed by atoms with Gasteiger partial charge in [0, 0.05) is 26.2 Å². The molecule has 0 aromatic carbocycles. The van der Waals surface area contributed by atoms with Crippen molar-refractivity contribution in [2.45, 2.75) is 39.2 Å². The standard InChI is InChI=1S/C15H29N3O4S/c1-15(2,3)22-14(19)18-10-13(11-18)12-5-4-6-17(9-12)7-8-23(16,20)21/h12-13H,4-11H2,1-3H3,(H2,16,20,21). The average molecular weight is 347 g/mol. The van der Waals surface area contributed by atoms with Crippen LogP contribution in [0.4, 0.5) is 4.79 Å². The van der Waals surface area contributed by atoms with Crippen LogP contribution in [0.15, 0.2) is 0 Å². The number of amides is 1. The molecular formula is C15H29N3O4S. The van der Waals surface area contributed by atoms with Gasteiger partial charge >= 0.3 is 6.09 Å². The van der Waals surface area contributed by atoms with Gasteiger partial charge < -0.3 is 14.5 Å². The van der Waals surface area contributed by atoms with Gasteiger partial charge in [-0.15, -0.1) is 0 Å². The summed E-state index contributed by atoms with van der Waals surface area (Å²) >= 11 is 0. The Labute approximate surface area is 139 Å². The quantitative estimate of drug-likeness (QED) is 0.814. The molecule has 2 rings (SSSR count). The lowest BCUT2D eigenvalue weighted by molar-refractivity contribution is -0.0192. The van der Waals surface area contributed by atoms with E-state index in [1.54, 1.807) is 4.90 Å². The van der Waals surface area contributed by atoms with E-state index < -0.39 is 15.6 Å². The van der Waals surface area contributed by atoms with Gasteiger partial charge in [0.25, 0.3) is 0 Å². The monoisotopic (exact) mass is 347 g/mol. The zero-order valence-corrected chi connectivity index (χ0v) is 15.1. The van der Waals surface area contributed by atoms with Gasteiger partial charge in [-0.1, -0.05) is 0 Å². The van der Waals surface area contributed by atoms with Gasteiger partial charge in [-0.05, 0) is 52.0 Å². The fourth-order valence-corrected chi connectivity index (χ4v) is 3.73. The molecule has 23 heavy (non-hydrogen) atoms. The molecule has 2 heterocycles. The van der Waals surface area contributed by atoms with Crippen LogP contribution in [0, 0.1) is 11.8 Å². The molecule has 0 spiro atoms. The van der Waals surface area contributed by atoms with Crippen molar-refractivity contribution in [3.63, 3.8) is 0 Å². The SMILES string of the molecule is CC(C)(C)OC(=O)N1CC(C2CCCN(CCS(N)(=O)=O)C2)C1. The lowest BCUT2D eigenvalue weighted by Gasteiger charge is -2.46. The van der Waals surface area contributed by atoms with Gasteiger partial charge in [0.2, 0.25) is 10.0 Å². The summed E-state index contributed by atoms with van der Waals surface area (Å²) in [6, 6.07) is 0. The summed E-state index contributed by atoms with van der Waals surface area (Å²) < 4.78 is 27.5. The van der Waals surface area contributed by atoms with Crippen LogP contribution in [0.25, 0.3) is 0 Å². The molecule has 1 atom stereocenters. The molecule has 0 aromatic rings. The van der Waals surface area contributed by atoms with E-state index in [9.17, 15) is 13.2 Å². The number of rotatable bonds is 4. The summed E-state index contributed by atoms with van der Waals surface area (Å²) in [6.07, 6.45) is 1.97. The van der Waals surface area contributed by atoms with Crippen molar-refractivity contribution in [2.75, 3.05) is 38.5 Å². The van der Waals surface area contributed by atoms with E-state index in [1.165, 1.54) is 0 Å². The summed E-state index contributed by atoms with van der Waals surface area (Å²) in [6.45, 7) is 9.39. The van der Waals surface area contributed by atoms with Gasteiger partial charge in [-0.2, -0.15) is 0 Å². The number of sulfonamides is 1. The third-order valence-electron chi connectivity index (χ3n) is 4.46. The number of nitrogens with zero attached hydrogens (tertiary/aromatic N) is 2. The minimum atomic E-state index is -3.40. The van der Waals surface area contributed by atoms with Crippen LogP contribution in [-0.2, 0) is 14.8 Å². The Morgan fingerprint density at radius 3 is 2.43 bits per heavy atom. The number of carbonyl (C=O) groups excluding carboxylic acids is 1. The zero-order valence-electron chi connectivity index (χ0n) is 14.3. The van der Waals surface area contributed by atoms with Crippen LogP contribution in [0.2, 0.25) is 0 Å². The summed E-state index contributed by atoms with van der Waals surface area (Å²) in [7, 11) is -3.40. The van der Waals surface area contributed by atoms with Gasteiger partial charge in [0.1, 0.15) is 5.60 Å². The molecule has 2 aliphatic rings. The van der Waals surface area contributed by atoms with Gasteiger partial charge in [0.05, 0.1) is 5.75 Å². The van der Waals surface area contributed by atoms with Crippen LogP contribution >= 0.6 is 0 Å². The van der Waals surface area contributed by atoms with Crippen LogP contribution in [0.5, 0.6) is 0 Å². The molecule has 8 heteroatoms. The second kappa shape index (κ2) is 6.94. The predicted molar refractivity (Wildman–Crippen MR) is 88.4 cm³/mol. The first kappa shape index (κ1) is 18.5. The molecule has 2 fully saturated rings. The maximum absolute atomic E-state index is 12.0. The summed E-state index contributed by atoms with van der Waals surface area (Å²) in [5.74, 6) is 1.01. The van der Waals surface area contributed by atoms with Gasteiger partial charge in [-0.25, -0.2) is 18.4 Å². The van der Waals surface area contributed by atoms with Crippen LogP contribution in [0.1, 0.15) is 33.6 Å². The zero-order chi connectivity index (χ0) is 17.3. The maximum Gasteiger partial charge on any atom is 0.410 e. The van der Waals surface area contributed by atoms with E-state index >= 15 is 0 Å². The number of ether oxygens (including phenoxy) is 1. The largest absolute Gasteiger partial charge is 0.444 e. The van der Waals surface area contributed by atoms with Crippen molar-refractivity contribution in [1.29, 1.82) is 0 Å². The van der Waals surface area contributed by atoms with Crippen molar-refractivity contribution in [3.05, 3.63) is 0 Å². The molecule has 0 aromatic heterocycles. The van der Waals surface area contributed by atoms with Crippen molar-refractivity contribution in [1.82, 2.24) is 9.80 Å². The third-order valence-corrected chi connectivity index (χ3v) is 5.21. The van der Waals surface area contributed by atoms with Gasteiger partial charge in [-0.3, -0.25) is 0 Å². The lowest BCUT2D eigenvalue weighted by Crippen LogP contribution is -2.56. The highest BCUT2D eigenvalue weighted by molar-refractivity contribution is 7.89. The fourth-order valence-electron chi connectivity index (χ4n) is 3.22. The number of likely N-dealkylation sites (tertiary alicyclic amines) is 2. The van der Waals surface area contributed by atoms with E-state index in [4.69, 9.17) is 9.88 Å². The van der Waals surface area contributed by atoms with Crippen molar-refractivity contribution in [3.8, 4) is 0 Å². The predicted octanol–water partition coefficient (Wildman–Crippen LogP) is 0.854. The normalized spacial score (nSPS) is 24.3. The summed E-state index contributed by atoms with van der Waals surface area (Å²) in [5.41, 5.74) is -0.461. The van der Waals surface area contributed by atoms with Crippen molar-refractivity contribution in [2.24, 2.45) is 17.0 Å². The Hall–Kier alpha value is -0.860. The first-order valence-corrected chi connectivity index (χ1v) is 9.96. The van der Waals surface area contributed by atoms with Crippen molar-refractivity contribution < 1.29 is 17.9 Å². The minimum absolute atomic E-state index is 0.00835. The summed E-state index contributed by atoms with van der Waals surface area (Å²) in [4.78, 5) is 15.9. The Bertz CT molecular complexity index is 523. The molecule has 0 bridgehead atoms. The molecular weight excluding hydrogens is 318 g/mol. The number of piperidine rings is 1. The number of nitrogens with two attached hydrogens (primary N) is 1. The molecule has 2 saturated heterocycles. The number of primary sulfonamides is 1. The minimum Gasteiger partial charge on any atom is -0.444 e. The number of hydrogen-bond donors (Lipinski definition) is 1. The molecule has 1 amide bonds.